The molecule has 20 heavy (non-hydrogen) atoms. The van der Waals surface area contributed by atoms with Gasteiger partial charge in [0.25, 0.3) is 0 Å². The van der Waals surface area contributed by atoms with Gasteiger partial charge in [-0.15, -0.1) is 5.10 Å². The van der Waals surface area contributed by atoms with E-state index in [0.29, 0.717) is 12.0 Å². The van der Waals surface area contributed by atoms with E-state index in [2.05, 4.69) is 39.5 Å². The highest BCUT2D eigenvalue weighted by Crippen LogP contribution is 2.36. The molecule has 3 unspecified atom stereocenters. The van der Waals surface area contributed by atoms with E-state index in [9.17, 15) is 0 Å². The second-order valence-electron chi connectivity index (χ2n) is 5.83. The summed E-state index contributed by atoms with van der Waals surface area (Å²) in [6, 6.07) is 10.8. The zero-order valence-corrected chi connectivity index (χ0v) is 11.4. The highest BCUT2D eigenvalue weighted by atomic mass is 15.4. The molecule has 2 heterocycles. The lowest BCUT2D eigenvalue weighted by molar-refractivity contribution is 0.299. The summed E-state index contributed by atoms with van der Waals surface area (Å²) in [7, 11) is 0. The van der Waals surface area contributed by atoms with Crippen molar-refractivity contribution in [1.82, 2.24) is 25.8 Å². The molecule has 1 aromatic heterocycles. The maximum absolute atomic E-state index is 4.40. The van der Waals surface area contributed by atoms with Crippen molar-refractivity contribution >= 4 is 0 Å². The van der Waals surface area contributed by atoms with Gasteiger partial charge in [0.15, 0.2) is 0 Å². The van der Waals surface area contributed by atoms with Gasteiger partial charge in [0, 0.05) is 18.5 Å². The molecule has 2 N–H and O–H groups in total. The van der Waals surface area contributed by atoms with Crippen LogP contribution in [-0.4, -0.2) is 27.6 Å². The fraction of sp³-hybridized carbons (Fsp3) is 0.467. The number of benzene rings is 1. The van der Waals surface area contributed by atoms with Gasteiger partial charge in [-0.25, -0.2) is 4.68 Å². The highest BCUT2D eigenvalue weighted by Gasteiger charge is 2.35. The number of hydrazine groups is 1. The average molecular weight is 269 g/mol. The Labute approximate surface area is 118 Å². The Morgan fingerprint density at radius 1 is 1.15 bits per heavy atom. The molecule has 2 aromatic rings. The van der Waals surface area contributed by atoms with Crippen LogP contribution in [0, 0.1) is 5.92 Å². The molecule has 104 valence electrons. The van der Waals surface area contributed by atoms with Crippen molar-refractivity contribution in [3.63, 3.8) is 0 Å². The van der Waals surface area contributed by atoms with E-state index in [4.69, 9.17) is 0 Å². The van der Waals surface area contributed by atoms with Crippen molar-refractivity contribution in [2.45, 2.75) is 31.2 Å². The van der Waals surface area contributed by atoms with E-state index < -0.39 is 0 Å². The van der Waals surface area contributed by atoms with E-state index in [1.54, 1.807) is 0 Å². The predicted molar refractivity (Wildman–Crippen MR) is 76.4 cm³/mol. The number of nitrogens with one attached hydrogen (secondary N) is 2. The minimum absolute atomic E-state index is 0.551. The van der Waals surface area contributed by atoms with Crippen molar-refractivity contribution in [1.29, 1.82) is 0 Å². The number of fused-ring (bicyclic) bond motifs is 1. The standard InChI is InChI=1S/C15H19N5/c1-2-4-13(5-3-1)20-10-15(18-19-20)11-6-7-14-12(8-11)9-16-17-14/h1-5,10-12,14,16-17H,6-9H2. The zero-order valence-electron chi connectivity index (χ0n) is 11.4. The predicted octanol–water partition coefficient (Wildman–Crippen LogP) is 1.63. The quantitative estimate of drug-likeness (QED) is 0.870. The van der Waals surface area contributed by atoms with Crippen LogP contribution >= 0.6 is 0 Å². The van der Waals surface area contributed by atoms with Crippen LogP contribution < -0.4 is 10.9 Å². The van der Waals surface area contributed by atoms with E-state index >= 15 is 0 Å². The molecule has 3 atom stereocenters. The van der Waals surface area contributed by atoms with Gasteiger partial charge >= 0.3 is 0 Å². The molecule has 0 radical (unpaired) electrons. The first-order chi connectivity index (χ1) is 9.90. The molecule has 1 aliphatic heterocycles. The number of hydrogen-bond donors (Lipinski definition) is 2. The summed E-state index contributed by atoms with van der Waals surface area (Å²) in [5.74, 6) is 1.28. The largest absolute Gasteiger partial charge is 0.257 e. The van der Waals surface area contributed by atoms with Crippen LogP contribution in [-0.2, 0) is 0 Å². The lowest BCUT2D eigenvalue weighted by Gasteiger charge is -2.29. The van der Waals surface area contributed by atoms with Crippen LogP contribution in [0.4, 0.5) is 0 Å². The summed E-state index contributed by atoms with van der Waals surface area (Å²) in [6.07, 6.45) is 5.72. The Kier molecular flexibility index (Phi) is 3.01. The van der Waals surface area contributed by atoms with Gasteiger partial charge in [0.2, 0.25) is 0 Å². The van der Waals surface area contributed by atoms with Crippen LogP contribution in [0.25, 0.3) is 5.69 Å². The Bertz CT molecular complexity index is 579. The van der Waals surface area contributed by atoms with Crippen molar-refractivity contribution in [3.05, 3.63) is 42.2 Å². The van der Waals surface area contributed by atoms with Crippen molar-refractivity contribution < 1.29 is 0 Å². The van der Waals surface area contributed by atoms with E-state index in [1.807, 2.05) is 22.9 Å². The third kappa shape index (κ3) is 2.13. The molecular weight excluding hydrogens is 250 g/mol. The second-order valence-corrected chi connectivity index (χ2v) is 5.83. The minimum Gasteiger partial charge on any atom is -0.257 e. The molecule has 0 amide bonds. The summed E-state index contributed by atoms with van der Waals surface area (Å²) in [6.45, 7) is 1.08. The molecule has 2 fully saturated rings. The van der Waals surface area contributed by atoms with Gasteiger partial charge in [-0.1, -0.05) is 23.4 Å². The molecule has 1 saturated carbocycles. The first kappa shape index (κ1) is 12.1. The van der Waals surface area contributed by atoms with Gasteiger partial charge < -0.3 is 0 Å². The molecule has 5 heteroatoms. The van der Waals surface area contributed by atoms with Gasteiger partial charge in [-0.05, 0) is 37.3 Å². The van der Waals surface area contributed by atoms with E-state index in [0.717, 1.165) is 23.8 Å². The fourth-order valence-corrected chi connectivity index (χ4v) is 3.44. The van der Waals surface area contributed by atoms with Crippen molar-refractivity contribution in [2.24, 2.45) is 5.92 Å². The third-order valence-corrected chi connectivity index (χ3v) is 4.58. The van der Waals surface area contributed by atoms with Crippen molar-refractivity contribution in [3.8, 4) is 5.69 Å². The Morgan fingerprint density at radius 2 is 2.05 bits per heavy atom. The maximum atomic E-state index is 4.40. The van der Waals surface area contributed by atoms with Crippen LogP contribution in [0.15, 0.2) is 36.5 Å². The van der Waals surface area contributed by atoms with Crippen LogP contribution in [0.3, 0.4) is 0 Å². The molecule has 2 aliphatic rings. The second kappa shape index (κ2) is 5.00. The third-order valence-electron chi connectivity index (χ3n) is 4.58. The summed E-state index contributed by atoms with van der Waals surface area (Å²) in [5, 5.41) is 8.69. The van der Waals surface area contributed by atoms with E-state index in [1.165, 1.54) is 19.3 Å². The first-order valence-corrected chi connectivity index (χ1v) is 7.36. The molecular formula is C15H19N5. The minimum atomic E-state index is 0.551. The molecule has 1 aliphatic carbocycles. The maximum Gasteiger partial charge on any atom is 0.0862 e. The highest BCUT2D eigenvalue weighted by molar-refractivity contribution is 5.30. The Hall–Kier alpha value is -1.72. The van der Waals surface area contributed by atoms with E-state index in [-0.39, 0.29) is 0 Å². The first-order valence-electron chi connectivity index (χ1n) is 7.36. The summed E-state index contributed by atoms with van der Waals surface area (Å²) in [5.41, 5.74) is 8.86. The number of rotatable bonds is 2. The SMILES string of the molecule is c1ccc(-n2cc(C3CCC4NNCC4C3)nn2)cc1. The zero-order chi connectivity index (χ0) is 13.4. The molecule has 1 saturated heterocycles. The van der Waals surface area contributed by atoms with Gasteiger partial charge in [0.05, 0.1) is 17.6 Å². The molecule has 1 aromatic carbocycles. The molecule has 5 nitrogen and oxygen atoms in total. The van der Waals surface area contributed by atoms with Gasteiger partial charge in [-0.2, -0.15) is 0 Å². The number of para-hydroxylation sites is 1. The fourth-order valence-electron chi connectivity index (χ4n) is 3.44. The number of aromatic nitrogens is 3. The van der Waals surface area contributed by atoms with Gasteiger partial charge in [-0.3, -0.25) is 10.9 Å². The lowest BCUT2D eigenvalue weighted by atomic mass is 9.78. The van der Waals surface area contributed by atoms with Crippen LogP contribution in [0.1, 0.15) is 30.9 Å². The Balaban J connectivity index is 1.53. The van der Waals surface area contributed by atoms with Crippen LogP contribution in [0.5, 0.6) is 0 Å². The average Bonchev–Trinajstić information content (AvgIpc) is 3.16. The Morgan fingerprint density at radius 3 is 2.95 bits per heavy atom. The number of hydrogen-bond acceptors (Lipinski definition) is 4. The normalized spacial score (nSPS) is 29.3. The molecule has 0 spiro atoms. The lowest BCUT2D eigenvalue weighted by Crippen LogP contribution is -2.34. The van der Waals surface area contributed by atoms with Crippen LogP contribution in [0.2, 0.25) is 0 Å². The summed E-state index contributed by atoms with van der Waals surface area (Å²) in [4.78, 5) is 0. The topological polar surface area (TPSA) is 54.8 Å². The number of nitrogens with zero attached hydrogens (tertiary/aromatic N) is 3. The monoisotopic (exact) mass is 269 g/mol. The summed E-state index contributed by atoms with van der Waals surface area (Å²) < 4.78 is 1.88. The molecule has 4 rings (SSSR count). The smallest absolute Gasteiger partial charge is 0.0862 e. The van der Waals surface area contributed by atoms with Crippen molar-refractivity contribution in [2.75, 3.05) is 6.54 Å². The summed E-state index contributed by atoms with van der Waals surface area (Å²) >= 11 is 0. The van der Waals surface area contributed by atoms with Gasteiger partial charge in [0.1, 0.15) is 0 Å². The molecule has 0 bridgehead atoms.